The number of anilines is 2. The lowest BCUT2D eigenvalue weighted by Gasteiger charge is -2.25. The number of fused-ring (bicyclic) bond motifs is 2. The van der Waals surface area contributed by atoms with Crippen molar-refractivity contribution >= 4 is 51.7 Å². The molecule has 1 atom stereocenters. The van der Waals surface area contributed by atoms with E-state index in [0.717, 1.165) is 23.2 Å². The lowest BCUT2D eigenvalue weighted by atomic mass is 9.80. The van der Waals surface area contributed by atoms with E-state index in [4.69, 9.17) is 16.7 Å². The fraction of sp³-hybridized carbons (Fsp3) is 0.429. The Balaban J connectivity index is 1.62. The predicted octanol–water partition coefficient (Wildman–Crippen LogP) is 3.75. The van der Waals surface area contributed by atoms with Crippen molar-refractivity contribution in [3.8, 4) is 0 Å². The van der Waals surface area contributed by atoms with Crippen LogP contribution >= 0.6 is 22.9 Å². The van der Waals surface area contributed by atoms with Gasteiger partial charge in [-0.05, 0) is 36.5 Å². The van der Waals surface area contributed by atoms with Gasteiger partial charge in [-0.1, -0.05) is 35.1 Å². The molecule has 1 unspecified atom stereocenters. The number of carbonyl (C=O) groups excluding carboxylic acids is 2. The van der Waals surface area contributed by atoms with E-state index in [1.807, 2.05) is 17.0 Å². The summed E-state index contributed by atoms with van der Waals surface area (Å²) in [5.41, 5.74) is 2.56. The number of rotatable bonds is 5. The Hall–Kier alpha value is -2.65. The molecule has 3 amide bonds. The molecule has 1 aromatic carbocycles. The Labute approximate surface area is 188 Å². The molecule has 0 radical (unpaired) electrons. The number of carbonyl (C=O) groups is 3. The van der Waals surface area contributed by atoms with Crippen molar-refractivity contribution in [2.75, 3.05) is 29.9 Å². The van der Waals surface area contributed by atoms with Gasteiger partial charge >= 0.3 is 12.0 Å². The molecule has 4 rings (SSSR count). The summed E-state index contributed by atoms with van der Waals surface area (Å²) < 4.78 is 0.493. The molecular formula is C21H23ClN4O4S. The molecule has 1 saturated heterocycles. The third kappa shape index (κ3) is 4.38. The normalized spacial score (nSPS) is 19.7. The van der Waals surface area contributed by atoms with E-state index in [9.17, 15) is 14.4 Å². The summed E-state index contributed by atoms with van der Waals surface area (Å²) in [6, 6.07) is 5.65. The fourth-order valence-electron chi connectivity index (χ4n) is 4.46. The Morgan fingerprint density at radius 1 is 1.32 bits per heavy atom. The van der Waals surface area contributed by atoms with Gasteiger partial charge < -0.3 is 10.0 Å². The van der Waals surface area contributed by atoms with Crippen LogP contribution in [0.4, 0.5) is 15.6 Å². The maximum atomic E-state index is 13.1. The molecule has 1 fully saturated rings. The second-order valence-corrected chi connectivity index (χ2v) is 9.72. The molecule has 0 aliphatic carbocycles. The zero-order valence-electron chi connectivity index (χ0n) is 17.1. The number of urea groups is 1. The molecule has 0 saturated carbocycles. The monoisotopic (exact) mass is 462 g/mol. The summed E-state index contributed by atoms with van der Waals surface area (Å²) in [6.45, 7) is 3.24. The zero-order chi connectivity index (χ0) is 22.2. The second kappa shape index (κ2) is 8.47. The van der Waals surface area contributed by atoms with Gasteiger partial charge in [0, 0.05) is 44.1 Å². The first-order valence-electron chi connectivity index (χ1n) is 10.1. The number of amides is 3. The summed E-state index contributed by atoms with van der Waals surface area (Å²) >= 11 is 7.12. The zero-order valence-corrected chi connectivity index (χ0v) is 18.6. The van der Waals surface area contributed by atoms with E-state index in [1.54, 1.807) is 11.8 Å². The van der Waals surface area contributed by atoms with Gasteiger partial charge in [-0.15, -0.1) is 0 Å². The minimum absolute atomic E-state index is 0.0244. The van der Waals surface area contributed by atoms with Crippen LogP contribution in [-0.4, -0.2) is 52.5 Å². The molecule has 8 nitrogen and oxygen atoms in total. The van der Waals surface area contributed by atoms with Crippen LogP contribution in [-0.2, 0) is 21.4 Å². The van der Waals surface area contributed by atoms with E-state index < -0.39 is 5.97 Å². The third-order valence-electron chi connectivity index (χ3n) is 5.98. The van der Waals surface area contributed by atoms with Crippen LogP contribution in [0.25, 0.3) is 0 Å². The molecule has 2 N–H and O–H groups in total. The van der Waals surface area contributed by atoms with Crippen molar-refractivity contribution in [1.82, 2.24) is 9.88 Å². The number of benzene rings is 1. The number of hydrogen-bond acceptors (Lipinski definition) is 5. The molecule has 1 spiro atoms. The van der Waals surface area contributed by atoms with Crippen LogP contribution in [0, 0.1) is 0 Å². The highest BCUT2D eigenvalue weighted by atomic mass is 35.5. The van der Waals surface area contributed by atoms with E-state index in [0.29, 0.717) is 41.9 Å². The van der Waals surface area contributed by atoms with Crippen molar-refractivity contribution in [2.45, 2.75) is 38.0 Å². The van der Waals surface area contributed by atoms with Gasteiger partial charge in [0.15, 0.2) is 5.13 Å². The van der Waals surface area contributed by atoms with E-state index in [2.05, 4.69) is 16.4 Å². The Morgan fingerprint density at radius 3 is 2.77 bits per heavy atom. The molecule has 2 aliphatic heterocycles. The highest BCUT2D eigenvalue weighted by Gasteiger charge is 2.49. The summed E-state index contributed by atoms with van der Waals surface area (Å²) in [5, 5.41) is 12.2. The van der Waals surface area contributed by atoms with Gasteiger partial charge in [0.1, 0.15) is 4.34 Å². The van der Waals surface area contributed by atoms with Crippen molar-refractivity contribution in [3.63, 3.8) is 0 Å². The SMILES string of the molecule is CC(=O)N1CCC2(C1)CN(C(=O)Nc1ncc(Cl)s1)c1ccc(CCCC(=O)O)cc12. The van der Waals surface area contributed by atoms with Gasteiger partial charge in [-0.2, -0.15) is 0 Å². The minimum atomic E-state index is -0.810. The number of nitrogens with zero attached hydrogens (tertiary/aromatic N) is 3. The maximum Gasteiger partial charge on any atom is 0.328 e. The molecule has 1 aromatic heterocycles. The highest BCUT2D eigenvalue weighted by Crippen LogP contribution is 2.47. The molecular weight excluding hydrogens is 440 g/mol. The number of aliphatic carboxylic acids is 1. The molecule has 31 heavy (non-hydrogen) atoms. The average molecular weight is 463 g/mol. The number of carboxylic acid groups (broad SMARTS) is 1. The molecule has 2 aromatic rings. The van der Waals surface area contributed by atoms with E-state index in [-0.39, 0.29) is 23.8 Å². The highest BCUT2D eigenvalue weighted by molar-refractivity contribution is 7.19. The smallest absolute Gasteiger partial charge is 0.328 e. The van der Waals surface area contributed by atoms with Gasteiger partial charge in [0.2, 0.25) is 5.91 Å². The topological polar surface area (TPSA) is 103 Å². The van der Waals surface area contributed by atoms with Gasteiger partial charge in [-0.3, -0.25) is 19.8 Å². The molecule has 164 valence electrons. The first kappa shape index (κ1) is 21.6. The molecule has 3 heterocycles. The standard InChI is InChI=1S/C21H23ClN4O4S/c1-13(27)25-8-7-21(11-25)12-26(20(30)24-19-23-10-17(22)31-19)16-6-5-14(9-15(16)21)3-2-4-18(28)29/h5-6,9-10H,2-4,7-8,11-12H2,1H3,(H,28,29)(H,23,24,30). The lowest BCUT2D eigenvalue weighted by molar-refractivity contribution is -0.137. The summed E-state index contributed by atoms with van der Waals surface area (Å²) in [4.78, 5) is 43.5. The summed E-state index contributed by atoms with van der Waals surface area (Å²) in [6.07, 6.45) is 3.58. The van der Waals surface area contributed by atoms with Crippen molar-refractivity contribution < 1.29 is 19.5 Å². The number of likely N-dealkylation sites (tertiary alicyclic amines) is 1. The number of aryl methyl sites for hydroxylation is 1. The molecule has 10 heteroatoms. The van der Waals surface area contributed by atoms with Crippen LogP contribution in [0.2, 0.25) is 4.34 Å². The Morgan fingerprint density at radius 2 is 2.13 bits per heavy atom. The first-order chi connectivity index (χ1) is 14.8. The van der Waals surface area contributed by atoms with Crippen molar-refractivity contribution in [3.05, 3.63) is 39.9 Å². The maximum absolute atomic E-state index is 13.1. The largest absolute Gasteiger partial charge is 0.481 e. The number of thiazole rings is 1. The summed E-state index contributed by atoms with van der Waals surface area (Å²) in [7, 11) is 0. The van der Waals surface area contributed by atoms with Crippen molar-refractivity contribution in [1.29, 1.82) is 0 Å². The van der Waals surface area contributed by atoms with Crippen LogP contribution in [0.15, 0.2) is 24.4 Å². The lowest BCUT2D eigenvalue weighted by Crippen LogP contribution is -2.41. The minimum Gasteiger partial charge on any atom is -0.481 e. The number of carboxylic acids is 1. The van der Waals surface area contributed by atoms with Crippen LogP contribution in [0.5, 0.6) is 0 Å². The summed E-state index contributed by atoms with van der Waals surface area (Å²) in [5.74, 6) is -0.785. The number of nitrogens with one attached hydrogen (secondary N) is 1. The van der Waals surface area contributed by atoms with E-state index >= 15 is 0 Å². The number of hydrogen-bond donors (Lipinski definition) is 2. The fourth-order valence-corrected chi connectivity index (χ4v) is 5.26. The molecule has 2 aliphatic rings. The van der Waals surface area contributed by atoms with Crippen LogP contribution in [0.3, 0.4) is 0 Å². The van der Waals surface area contributed by atoms with Gasteiger partial charge in [-0.25, -0.2) is 9.78 Å². The first-order valence-corrected chi connectivity index (χ1v) is 11.3. The third-order valence-corrected chi connectivity index (χ3v) is 7.01. The number of aromatic nitrogens is 1. The molecule has 0 bridgehead atoms. The van der Waals surface area contributed by atoms with Crippen LogP contribution < -0.4 is 10.2 Å². The Bertz CT molecular complexity index is 1040. The van der Waals surface area contributed by atoms with Gasteiger partial charge in [0.05, 0.1) is 6.20 Å². The quantitative estimate of drug-likeness (QED) is 0.704. The number of halogens is 1. The van der Waals surface area contributed by atoms with Crippen LogP contribution in [0.1, 0.15) is 37.3 Å². The average Bonchev–Trinajstić information content (AvgIpc) is 3.41. The predicted molar refractivity (Wildman–Crippen MR) is 119 cm³/mol. The van der Waals surface area contributed by atoms with Gasteiger partial charge in [0.25, 0.3) is 0 Å². The van der Waals surface area contributed by atoms with Crippen molar-refractivity contribution in [2.24, 2.45) is 0 Å². The Kier molecular flexibility index (Phi) is 5.90. The van der Waals surface area contributed by atoms with E-state index in [1.165, 1.54) is 17.5 Å². The second-order valence-electron chi connectivity index (χ2n) is 8.06.